The summed E-state index contributed by atoms with van der Waals surface area (Å²) in [6, 6.07) is 1.71. The SMILES string of the molecule is Cc1cc(C(=O)NCc2ncn[nH]2)c(C)nn1. The Balaban J connectivity index is 2.07. The van der Waals surface area contributed by atoms with Crippen LogP contribution in [0.25, 0.3) is 0 Å². The lowest BCUT2D eigenvalue weighted by Gasteiger charge is -2.05. The molecule has 2 aromatic rings. The minimum atomic E-state index is -0.197. The second kappa shape index (κ2) is 4.69. The molecular formula is C10H12N6O. The molecule has 0 unspecified atom stereocenters. The highest BCUT2D eigenvalue weighted by atomic mass is 16.1. The number of nitrogens with one attached hydrogen (secondary N) is 2. The van der Waals surface area contributed by atoms with Gasteiger partial charge in [-0.25, -0.2) is 4.98 Å². The van der Waals surface area contributed by atoms with Gasteiger partial charge in [-0.15, -0.1) is 0 Å². The predicted molar refractivity (Wildman–Crippen MR) is 59.1 cm³/mol. The Kier molecular flexibility index (Phi) is 3.08. The normalized spacial score (nSPS) is 10.2. The summed E-state index contributed by atoms with van der Waals surface area (Å²) < 4.78 is 0. The molecule has 88 valence electrons. The molecule has 2 heterocycles. The van der Waals surface area contributed by atoms with Crippen LogP contribution in [-0.2, 0) is 6.54 Å². The van der Waals surface area contributed by atoms with Crippen LogP contribution in [0.5, 0.6) is 0 Å². The first-order valence-corrected chi connectivity index (χ1v) is 5.10. The van der Waals surface area contributed by atoms with E-state index in [0.717, 1.165) is 0 Å². The van der Waals surface area contributed by atoms with E-state index in [1.54, 1.807) is 19.9 Å². The number of hydrogen-bond donors (Lipinski definition) is 2. The Morgan fingerprint density at radius 3 is 2.94 bits per heavy atom. The van der Waals surface area contributed by atoms with Crippen LogP contribution in [0.15, 0.2) is 12.4 Å². The highest BCUT2D eigenvalue weighted by molar-refractivity contribution is 5.95. The Bertz CT molecular complexity index is 522. The van der Waals surface area contributed by atoms with E-state index in [2.05, 4.69) is 30.7 Å². The first-order valence-electron chi connectivity index (χ1n) is 5.10. The van der Waals surface area contributed by atoms with Gasteiger partial charge >= 0.3 is 0 Å². The molecule has 0 fully saturated rings. The number of H-pyrrole nitrogens is 1. The third kappa shape index (κ3) is 2.63. The molecule has 0 saturated heterocycles. The molecule has 1 amide bonds. The van der Waals surface area contributed by atoms with Gasteiger partial charge in [-0.3, -0.25) is 9.89 Å². The molecule has 7 heteroatoms. The minimum Gasteiger partial charge on any atom is -0.345 e. The van der Waals surface area contributed by atoms with Gasteiger partial charge in [-0.05, 0) is 19.9 Å². The van der Waals surface area contributed by atoms with Gasteiger partial charge < -0.3 is 5.32 Å². The number of aromatic nitrogens is 5. The molecular weight excluding hydrogens is 220 g/mol. The van der Waals surface area contributed by atoms with E-state index in [9.17, 15) is 4.79 Å². The molecule has 7 nitrogen and oxygen atoms in total. The largest absolute Gasteiger partial charge is 0.345 e. The molecule has 17 heavy (non-hydrogen) atoms. The van der Waals surface area contributed by atoms with Crippen molar-refractivity contribution in [2.45, 2.75) is 20.4 Å². The number of hydrogen-bond acceptors (Lipinski definition) is 5. The summed E-state index contributed by atoms with van der Waals surface area (Å²) in [5.41, 5.74) is 1.84. The van der Waals surface area contributed by atoms with Crippen LogP contribution >= 0.6 is 0 Å². The zero-order valence-corrected chi connectivity index (χ0v) is 9.56. The summed E-state index contributed by atoms with van der Waals surface area (Å²) in [6.45, 7) is 3.84. The Labute approximate surface area is 97.7 Å². The second-order valence-corrected chi connectivity index (χ2v) is 3.60. The lowest BCUT2D eigenvalue weighted by atomic mass is 10.2. The van der Waals surface area contributed by atoms with E-state index in [-0.39, 0.29) is 5.91 Å². The van der Waals surface area contributed by atoms with Gasteiger partial charge in [-0.1, -0.05) is 0 Å². The molecule has 2 rings (SSSR count). The Morgan fingerprint density at radius 2 is 2.24 bits per heavy atom. The van der Waals surface area contributed by atoms with E-state index in [0.29, 0.717) is 29.3 Å². The van der Waals surface area contributed by atoms with Crippen molar-refractivity contribution in [3.05, 3.63) is 35.2 Å². The van der Waals surface area contributed by atoms with Gasteiger partial charge in [0.2, 0.25) is 0 Å². The Morgan fingerprint density at radius 1 is 1.41 bits per heavy atom. The number of aromatic amines is 1. The summed E-state index contributed by atoms with van der Waals surface area (Å²) in [4.78, 5) is 15.8. The van der Waals surface area contributed by atoms with Crippen molar-refractivity contribution in [2.75, 3.05) is 0 Å². The van der Waals surface area contributed by atoms with Crippen molar-refractivity contribution < 1.29 is 4.79 Å². The molecule has 0 saturated carbocycles. The number of amides is 1. The van der Waals surface area contributed by atoms with Crippen molar-refractivity contribution in [3.63, 3.8) is 0 Å². The van der Waals surface area contributed by atoms with Gasteiger partial charge in [0.15, 0.2) is 0 Å². The first-order chi connectivity index (χ1) is 8.16. The van der Waals surface area contributed by atoms with Gasteiger partial charge in [0.25, 0.3) is 5.91 Å². The summed E-state index contributed by atoms with van der Waals surface area (Å²) in [7, 11) is 0. The van der Waals surface area contributed by atoms with Gasteiger partial charge in [-0.2, -0.15) is 15.3 Å². The van der Waals surface area contributed by atoms with Crippen LogP contribution in [0.3, 0.4) is 0 Å². The molecule has 0 spiro atoms. The third-order valence-electron chi connectivity index (χ3n) is 2.23. The maximum atomic E-state index is 11.9. The third-order valence-corrected chi connectivity index (χ3v) is 2.23. The van der Waals surface area contributed by atoms with Crippen molar-refractivity contribution in [2.24, 2.45) is 0 Å². The standard InChI is InChI=1S/C10H12N6O/c1-6-3-8(7(2)15-14-6)10(17)11-4-9-12-5-13-16-9/h3,5H,4H2,1-2H3,(H,11,17)(H,12,13,16). The molecule has 0 radical (unpaired) electrons. The molecule has 0 aliphatic carbocycles. The molecule has 0 aliphatic rings. The quantitative estimate of drug-likeness (QED) is 0.784. The summed E-state index contributed by atoms with van der Waals surface area (Å²) in [5.74, 6) is 0.409. The van der Waals surface area contributed by atoms with Crippen molar-refractivity contribution in [1.82, 2.24) is 30.7 Å². The predicted octanol–water partition coefficient (Wildman–Crippen LogP) is 0.142. The van der Waals surface area contributed by atoms with E-state index in [1.807, 2.05) is 0 Å². The van der Waals surface area contributed by atoms with Gasteiger partial charge in [0, 0.05) is 0 Å². The van der Waals surface area contributed by atoms with E-state index >= 15 is 0 Å². The molecule has 2 aromatic heterocycles. The van der Waals surface area contributed by atoms with Crippen molar-refractivity contribution >= 4 is 5.91 Å². The fourth-order valence-corrected chi connectivity index (χ4v) is 1.35. The Hall–Kier alpha value is -2.31. The van der Waals surface area contributed by atoms with Crippen LogP contribution in [0, 0.1) is 13.8 Å². The van der Waals surface area contributed by atoms with Crippen LogP contribution < -0.4 is 5.32 Å². The molecule has 2 N–H and O–H groups in total. The van der Waals surface area contributed by atoms with E-state index in [1.165, 1.54) is 6.33 Å². The fourth-order valence-electron chi connectivity index (χ4n) is 1.35. The zero-order chi connectivity index (χ0) is 12.3. The van der Waals surface area contributed by atoms with Crippen molar-refractivity contribution in [1.29, 1.82) is 0 Å². The number of rotatable bonds is 3. The van der Waals surface area contributed by atoms with Crippen LogP contribution in [0.4, 0.5) is 0 Å². The average molecular weight is 232 g/mol. The lowest BCUT2D eigenvalue weighted by Crippen LogP contribution is -2.24. The number of carbonyl (C=O) groups is 1. The smallest absolute Gasteiger partial charge is 0.253 e. The van der Waals surface area contributed by atoms with E-state index < -0.39 is 0 Å². The summed E-state index contributed by atoms with van der Waals surface area (Å²) in [5, 5.41) is 16.9. The van der Waals surface area contributed by atoms with Crippen LogP contribution in [0.1, 0.15) is 27.6 Å². The lowest BCUT2D eigenvalue weighted by molar-refractivity contribution is 0.0948. The summed E-state index contributed by atoms with van der Waals surface area (Å²) in [6.07, 6.45) is 1.39. The highest BCUT2D eigenvalue weighted by Gasteiger charge is 2.11. The molecule has 0 atom stereocenters. The number of aryl methyl sites for hydroxylation is 2. The maximum Gasteiger partial charge on any atom is 0.253 e. The average Bonchev–Trinajstić information content (AvgIpc) is 2.82. The molecule has 0 aromatic carbocycles. The van der Waals surface area contributed by atoms with E-state index in [4.69, 9.17) is 0 Å². The maximum absolute atomic E-state index is 11.9. The molecule has 0 aliphatic heterocycles. The fraction of sp³-hybridized carbons (Fsp3) is 0.300. The second-order valence-electron chi connectivity index (χ2n) is 3.60. The van der Waals surface area contributed by atoms with Crippen molar-refractivity contribution in [3.8, 4) is 0 Å². The summed E-state index contributed by atoms with van der Waals surface area (Å²) >= 11 is 0. The zero-order valence-electron chi connectivity index (χ0n) is 9.56. The first kappa shape index (κ1) is 11.2. The molecule has 0 bridgehead atoms. The number of carbonyl (C=O) groups excluding carboxylic acids is 1. The minimum absolute atomic E-state index is 0.197. The monoisotopic (exact) mass is 232 g/mol. The highest BCUT2D eigenvalue weighted by Crippen LogP contribution is 2.05. The van der Waals surface area contributed by atoms with Crippen LogP contribution in [-0.4, -0.2) is 31.3 Å². The topological polar surface area (TPSA) is 96.5 Å². The van der Waals surface area contributed by atoms with Gasteiger partial charge in [0.1, 0.15) is 12.2 Å². The van der Waals surface area contributed by atoms with Gasteiger partial charge in [0.05, 0.1) is 23.5 Å². The number of nitrogens with zero attached hydrogens (tertiary/aromatic N) is 4. The van der Waals surface area contributed by atoms with Crippen LogP contribution in [0.2, 0.25) is 0 Å².